The maximum Gasteiger partial charge on any atom is 0.306 e. The normalized spacial score (nSPS) is 15.5. The van der Waals surface area contributed by atoms with E-state index in [0.717, 1.165) is 5.56 Å². The van der Waals surface area contributed by atoms with Crippen LogP contribution in [0.3, 0.4) is 0 Å². The van der Waals surface area contributed by atoms with Crippen molar-refractivity contribution >= 4 is 23.2 Å². The molecule has 5 nitrogen and oxygen atoms in total. The summed E-state index contributed by atoms with van der Waals surface area (Å²) in [5, 5.41) is 8.07. The van der Waals surface area contributed by atoms with Crippen LogP contribution in [0.15, 0.2) is 36.4 Å². The van der Waals surface area contributed by atoms with Crippen molar-refractivity contribution in [2.24, 2.45) is 11.8 Å². The summed E-state index contributed by atoms with van der Waals surface area (Å²) in [5.41, 5.74) is 1.74. The highest BCUT2D eigenvalue weighted by molar-refractivity contribution is 6.05. The van der Waals surface area contributed by atoms with Gasteiger partial charge in [-0.3, -0.25) is 14.4 Å². The van der Waals surface area contributed by atoms with Crippen LogP contribution < -0.4 is 0 Å². The third kappa shape index (κ3) is 8.23. The molecule has 0 bridgehead atoms. The molecule has 1 saturated carbocycles. The second-order valence-electron chi connectivity index (χ2n) is 8.29. The van der Waals surface area contributed by atoms with E-state index < -0.39 is 5.92 Å². The molecular formula is C26H35NO4. The smallest absolute Gasteiger partial charge is 0.306 e. The average molecular weight is 426 g/mol. The zero-order chi connectivity index (χ0) is 22.6. The van der Waals surface area contributed by atoms with Crippen LogP contribution in [0.25, 0.3) is 0 Å². The molecule has 0 spiro atoms. The van der Waals surface area contributed by atoms with Crippen molar-refractivity contribution in [3.05, 3.63) is 47.5 Å². The summed E-state index contributed by atoms with van der Waals surface area (Å²) in [7, 11) is 0. The minimum absolute atomic E-state index is 0.000245. The molecule has 0 saturated heterocycles. The summed E-state index contributed by atoms with van der Waals surface area (Å²) in [5.74, 6) is -0.219. The molecule has 1 aromatic carbocycles. The SMILES string of the molecule is CCC(=O)C(CC)C(=N)CCC(=O)OCc1ccc(C(=O)C=CC2CCCCC2)cc1. The standard InChI is InChI=1S/C26H35NO4/c1-3-22(24(28)4-2)23(27)15-17-26(30)31-18-20-10-13-21(14-11-20)25(29)16-12-19-8-6-5-7-9-19/h10-14,16,19,22,27H,3-9,15,17-18H2,1-2H3. The number of hydrogen-bond acceptors (Lipinski definition) is 5. The molecule has 1 N–H and O–H groups in total. The number of nitrogens with one attached hydrogen (secondary N) is 1. The van der Waals surface area contributed by atoms with Gasteiger partial charge >= 0.3 is 5.97 Å². The molecule has 2 rings (SSSR count). The molecule has 1 aliphatic rings. The molecule has 31 heavy (non-hydrogen) atoms. The lowest BCUT2D eigenvalue weighted by Gasteiger charge is -2.17. The molecule has 1 unspecified atom stereocenters. The third-order valence-corrected chi connectivity index (χ3v) is 5.97. The third-order valence-electron chi connectivity index (χ3n) is 5.97. The van der Waals surface area contributed by atoms with Gasteiger partial charge in [-0.1, -0.05) is 63.5 Å². The minimum atomic E-state index is -0.393. The van der Waals surface area contributed by atoms with Crippen LogP contribution in [0.4, 0.5) is 0 Å². The average Bonchev–Trinajstić information content (AvgIpc) is 2.81. The number of benzene rings is 1. The van der Waals surface area contributed by atoms with Gasteiger partial charge < -0.3 is 10.1 Å². The van der Waals surface area contributed by atoms with Gasteiger partial charge in [0.05, 0.1) is 12.3 Å². The molecule has 0 aliphatic heterocycles. The number of carbonyl (C=O) groups excluding carboxylic acids is 3. The van der Waals surface area contributed by atoms with Gasteiger partial charge in [-0.25, -0.2) is 0 Å². The molecule has 0 aromatic heterocycles. The predicted molar refractivity (Wildman–Crippen MR) is 122 cm³/mol. The van der Waals surface area contributed by atoms with E-state index in [0.29, 0.717) is 30.0 Å². The Morgan fingerprint density at radius 1 is 1.06 bits per heavy atom. The van der Waals surface area contributed by atoms with Gasteiger partial charge in [0.1, 0.15) is 12.4 Å². The summed E-state index contributed by atoms with van der Waals surface area (Å²) < 4.78 is 5.29. The zero-order valence-corrected chi connectivity index (χ0v) is 18.8. The molecule has 1 atom stereocenters. The second kappa shape index (κ2) is 13.0. The Hall–Kier alpha value is -2.56. The fraction of sp³-hybridized carbons (Fsp3) is 0.538. The first kappa shape index (κ1) is 24.7. The van der Waals surface area contributed by atoms with Crippen molar-refractivity contribution in [3.8, 4) is 0 Å². The molecule has 5 heteroatoms. The van der Waals surface area contributed by atoms with Crippen molar-refractivity contribution < 1.29 is 19.1 Å². The molecule has 0 amide bonds. The highest BCUT2D eigenvalue weighted by Crippen LogP contribution is 2.24. The quantitative estimate of drug-likeness (QED) is 0.197. The highest BCUT2D eigenvalue weighted by Gasteiger charge is 2.20. The fourth-order valence-corrected chi connectivity index (χ4v) is 3.97. The lowest BCUT2D eigenvalue weighted by molar-refractivity contribution is -0.144. The van der Waals surface area contributed by atoms with E-state index in [1.807, 2.05) is 13.0 Å². The lowest BCUT2D eigenvalue weighted by Crippen LogP contribution is -2.23. The first-order valence-electron chi connectivity index (χ1n) is 11.5. The monoisotopic (exact) mass is 425 g/mol. The zero-order valence-electron chi connectivity index (χ0n) is 18.8. The van der Waals surface area contributed by atoms with Gasteiger partial charge in [-0.05, 0) is 43.2 Å². The van der Waals surface area contributed by atoms with E-state index in [1.165, 1.54) is 32.1 Å². The Kier molecular flexibility index (Phi) is 10.3. The first-order chi connectivity index (χ1) is 14.9. The summed E-state index contributed by atoms with van der Waals surface area (Å²) in [6, 6.07) is 7.11. The largest absolute Gasteiger partial charge is 0.461 e. The molecule has 168 valence electrons. The van der Waals surface area contributed by atoms with Crippen molar-refractivity contribution in [1.82, 2.24) is 0 Å². The summed E-state index contributed by atoms with van der Waals surface area (Å²) in [6.07, 6.45) is 11.2. The Morgan fingerprint density at radius 2 is 1.74 bits per heavy atom. The molecule has 0 heterocycles. The first-order valence-corrected chi connectivity index (χ1v) is 11.5. The molecule has 1 aromatic rings. The maximum absolute atomic E-state index is 12.3. The van der Waals surface area contributed by atoms with E-state index in [1.54, 1.807) is 37.3 Å². The molecule has 0 radical (unpaired) electrons. The van der Waals surface area contributed by atoms with Crippen LogP contribution in [0.5, 0.6) is 0 Å². The number of ketones is 2. The Morgan fingerprint density at radius 3 is 2.35 bits per heavy atom. The maximum atomic E-state index is 12.3. The van der Waals surface area contributed by atoms with Crippen LogP contribution in [0, 0.1) is 17.2 Å². The van der Waals surface area contributed by atoms with Gasteiger partial charge in [0.2, 0.25) is 0 Å². The van der Waals surface area contributed by atoms with Gasteiger partial charge in [-0.15, -0.1) is 0 Å². The van der Waals surface area contributed by atoms with Gasteiger partial charge in [-0.2, -0.15) is 0 Å². The Balaban J connectivity index is 1.76. The lowest BCUT2D eigenvalue weighted by atomic mass is 9.89. The highest BCUT2D eigenvalue weighted by atomic mass is 16.5. The van der Waals surface area contributed by atoms with Crippen LogP contribution in [0.2, 0.25) is 0 Å². The molecular weight excluding hydrogens is 390 g/mol. The summed E-state index contributed by atoms with van der Waals surface area (Å²) in [6.45, 7) is 3.80. The van der Waals surface area contributed by atoms with Crippen molar-refractivity contribution in [3.63, 3.8) is 0 Å². The van der Waals surface area contributed by atoms with E-state index in [-0.39, 0.29) is 37.0 Å². The van der Waals surface area contributed by atoms with E-state index in [9.17, 15) is 14.4 Å². The van der Waals surface area contributed by atoms with Crippen molar-refractivity contribution in [2.45, 2.75) is 78.2 Å². The van der Waals surface area contributed by atoms with Gasteiger partial charge in [0, 0.05) is 17.7 Å². The topological polar surface area (TPSA) is 84.3 Å². The van der Waals surface area contributed by atoms with Crippen LogP contribution in [0.1, 0.15) is 87.6 Å². The molecule has 1 aliphatic carbocycles. The minimum Gasteiger partial charge on any atom is -0.461 e. The van der Waals surface area contributed by atoms with E-state index >= 15 is 0 Å². The van der Waals surface area contributed by atoms with Gasteiger partial charge in [0.15, 0.2) is 5.78 Å². The summed E-state index contributed by atoms with van der Waals surface area (Å²) in [4.78, 5) is 36.2. The predicted octanol–water partition coefficient (Wildman–Crippen LogP) is 5.85. The Labute approximate surface area is 185 Å². The fourth-order valence-electron chi connectivity index (χ4n) is 3.97. The number of rotatable bonds is 12. The molecule has 1 fully saturated rings. The van der Waals surface area contributed by atoms with Gasteiger partial charge in [0.25, 0.3) is 0 Å². The number of Topliss-reactive ketones (excluding diaryl/α,β-unsaturated/α-hetero) is 1. The number of esters is 1. The van der Waals surface area contributed by atoms with Crippen LogP contribution in [-0.2, 0) is 20.9 Å². The number of carbonyl (C=O) groups is 3. The second-order valence-corrected chi connectivity index (χ2v) is 8.29. The van der Waals surface area contributed by atoms with Crippen molar-refractivity contribution in [1.29, 1.82) is 5.41 Å². The van der Waals surface area contributed by atoms with E-state index in [2.05, 4.69) is 0 Å². The van der Waals surface area contributed by atoms with Crippen LogP contribution >= 0.6 is 0 Å². The summed E-state index contributed by atoms with van der Waals surface area (Å²) >= 11 is 0. The Bertz CT molecular complexity index is 788. The van der Waals surface area contributed by atoms with Crippen molar-refractivity contribution in [2.75, 3.05) is 0 Å². The van der Waals surface area contributed by atoms with E-state index in [4.69, 9.17) is 10.1 Å². The number of allylic oxidation sites excluding steroid dienone is 2. The van der Waals surface area contributed by atoms with Crippen LogP contribution in [-0.4, -0.2) is 23.2 Å². The number of hydrogen-bond donors (Lipinski definition) is 1. The number of ether oxygens (including phenoxy) is 1.